The Kier molecular flexibility index (Phi) is 1.77. The van der Waals surface area contributed by atoms with E-state index in [0.717, 1.165) is 13.1 Å². The van der Waals surface area contributed by atoms with Crippen LogP contribution in [0.25, 0.3) is 5.52 Å². The van der Waals surface area contributed by atoms with E-state index in [1.807, 2.05) is 16.8 Å². The second-order valence-electron chi connectivity index (χ2n) is 3.85. The van der Waals surface area contributed by atoms with Gasteiger partial charge in [-0.15, -0.1) is 0 Å². The quantitative estimate of drug-likeness (QED) is 0.731. The molecule has 2 aromatic heterocycles. The Balaban J connectivity index is 2.04. The van der Waals surface area contributed by atoms with Gasteiger partial charge in [0.05, 0.1) is 5.52 Å². The van der Waals surface area contributed by atoms with E-state index in [0.29, 0.717) is 5.92 Å². The number of hydrogen-bond acceptors (Lipinski definition) is 2. The van der Waals surface area contributed by atoms with Crippen LogP contribution in [0, 0.1) is 0 Å². The maximum Gasteiger partial charge on any atom is 0.0661 e. The van der Waals surface area contributed by atoms with Gasteiger partial charge in [0, 0.05) is 18.9 Å². The SMILES string of the molecule is c1cc2ccc(C3CCNC3)cn2n1. The minimum absolute atomic E-state index is 0.670. The van der Waals surface area contributed by atoms with Crippen LogP contribution in [0.5, 0.6) is 0 Å². The van der Waals surface area contributed by atoms with E-state index in [1.54, 1.807) is 0 Å². The van der Waals surface area contributed by atoms with Crippen molar-refractivity contribution in [3.63, 3.8) is 0 Å². The highest BCUT2D eigenvalue weighted by Gasteiger charge is 2.16. The van der Waals surface area contributed by atoms with E-state index in [4.69, 9.17) is 0 Å². The Morgan fingerprint density at radius 2 is 2.36 bits per heavy atom. The molecule has 1 unspecified atom stereocenters. The maximum atomic E-state index is 4.25. The van der Waals surface area contributed by atoms with Gasteiger partial charge in [0.15, 0.2) is 0 Å². The number of pyridine rings is 1. The van der Waals surface area contributed by atoms with Gasteiger partial charge < -0.3 is 5.32 Å². The number of hydrogen-bond donors (Lipinski definition) is 1. The lowest BCUT2D eigenvalue weighted by atomic mass is 10.0. The molecule has 1 N–H and O–H groups in total. The second kappa shape index (κ2) is 3.10. The third-order valence-electron chi connectivity index (χ3n) is 2.95. The van der Waals surface area contributed by atoms with Crippen molar-refractivity contribution in [2.75, 3.05) is 13.1 Å². The molecule has 0 saturated carbocycles. The van der Waals surface area contributed by atoms with Crippen molar-refractivity contribution in [3.05, 3.63) is 36.2 Å². The van der Waals surface area contributed by atoms with Crippen molar-refractivity contribution in [3.8, 4) is 0 Å². The lowest BCUT2D eigenvalue weighted by molar-refractivity contribution is 0.751. The Morgan fingerprint density at radius 1 is 1.36 bits per heavy atom. The van der Waals surface area contributed by atoms with Crippen molar-refractivity contribution in [2.45, 2.75) is 12.3 Å². The fraction of sp³-hybridized carbons (Fsp3) is 0.364. The molecule has 0 spiro atoms. The predicted molar refractivity (Wildman–Crippen MR) is 55.4 cm³/mol. The topological polar surface area (TPSA) is 29.3 Å². The summed E-state index contributed by atoms with van der Waals surface area (Å²) in [6.07, 6.45) is 5.23. The smallest absolute Gasteiger partial charge is 0.0661 e. The summed E-state index contributed by atoms with van der Waals surface area (Å²) in [4.78, 5) is 0. The summed E-state index contributed by atoms with van der Waals surface area (Å²) >= 11 is 0. The summed E-state index contributed by atoms with van der Waals surface area (Å²) < 4.78 is 1.95. The fourth-order valence-corrected chi connectivity index (χ4v) is 2.11. The van der Waals surface area contributed by atoms with Crippen LogP contribution in [-0.4, -0.2) is 22.7 Å². The molecule has 14 heavy (non-hydrogen) atoms. The first-order valence-electron chi connectivity index (χ1n) is 5.07. The van der Waals surface area contributed by atoms with Crippen LogP contribution in [0.2, 0.25) is 0 Å². The van der Waals surface area contributed by atoms with Gasteiger partial charge in [-0.3, -0.25) is 0 Å². The third-order valence-corrected chi connectivity index (χ3v) is 2.95. The maximum absolute atomic E-state index is 4.25. The van der Waals surface area contributed by atoms with Crippen LogP contribution < -0.4 is 5.32 Å². The van der Waals surface area contributed by atoms with Gasteiger partial charge in [-0.25, -0.2) is 4.52 Å². The highest BCUT2D eigenvalue weighted by atomic mass is 15.2. The Labute approximate surface area is 82.7 Å². The third kappa shape index (κ3) is 1.21. The van der Waals surface area contributed by atoms with Crippen molar-refractivity contribution >= 4 is 5.52 Å². The normalized spacial score (nSPS) is 21.9. The number of rotatable bonds is 1. The zero-order chi connectivity index (χ0) is 9.38. The summed E-state index contributed by atoms with van der Waals surface area (Å²) in [6.45, 7) is 2.24. The average Bonchev–Trinajstić information content (AvgIpc) is 2.88. The van der Waals surface area contributed by atoms with E-state index in [-0.39, 0.29) is 0 Å². The standard InChI is InChI=1S/C11H13N3/c1-2-11-4-6-13-14(11)8-10(1)9-3-5-12-7-9/h1-2,4,6,8-9,12H,3,5,7H2. The van der Waals surface area contributed by atoms with Crippen LogP contribution >= 0.6 is 0 Å². The van der Waals surface area contributed by atoms with Crippen molar-refractivity contribution in [1.29, 1.82) is 0 Å². The van der Waals surface area contributed by atoms with Gasteiger partial charge in [0.25, 0.3) is 0 Å². The summed E-state index contributed by atoms with van der Waals surface area (Å²) in [5, 5.41) is 7.63. The van der Waals surface area contributed by atoms with E-state index < -0.39 is 0 Å². The highest BCUT2D eigenvalue weighted by molar-refractivity contribution is 5.46. The second-order valence-corrected chi connectivity index (χ2v) is 3.85. The zero-order valence-corrected chi connectivity index (χ0v) is 7.98. The molecular formula is C11H13N3. The summed E-state index contributed by atoms with van der Waals surface area (Å²) in [5.74, 6) is 0.670. The molecule has 72 valence electrons. The first-order chi connectivity index (χ1) is 6.93. The molecule has 1 saturated heterocycles. The summed E-state index contributed by atoms with van der Waals surface area (Å²) in [6, 6.07) is 6.38. The molecule has 3 heteroatoms. The molecule has 1 aliphatic heterocycles. The molecule has 1 aliphatic rings. The van der Waals surface area contributed by atoms with Crippen molar-refractivity contribution in [2.24, 2.45) is 0 Å². The average molecular weight is 187 g/mol. The number of nitrogens with zero attached hydrogens (tertiary/aromatic N) is 2. The Hall–Kier alpha value is -1.35. The molecule has 1 atom stereocenters. The van der Waals surface area contributed by atoms with Crippen LogP contribution in [0.1, 0.15) is 17.9 Å². The molecule has 0 aromatic carbocycles. The molecule has 1 fully saturated rings. The molecule has 3 heterocycles. The molecule has 2 aromatic rings. The van der Waals surface area contributed by atoms with E-state index >= 15 is 0 Å². The van der Waals surface area contributed by atoms with Crippen molar-refractivity contribution in [1.82, 2.24) is 14.9 Å². The predicted octanol–water partition coefficient (Wildman–Crippen LogP) is 1.41. The lowest BCUT2D eigenvalue weighted by Gasteiger charge is -2.08. The molecule has 3 nitrogen and oxygen atoms in total. The molecule has 3 rings (SSSR count). The minimum atomic E-state index is 0.670. The van der Waals surface area contributed by atoms with Gasteiger partial charge in [0.1, 0.15) is 0 Å². The van der Waals surface area contributed by atoms with Gasteiger partial charge in [-0.1, -0.05) is 6.07 Å². The lowest BCUT2D eigenvalue weighted by Crippen LogP contribution is -2.08. The van der Waals surface area contributed by atoms with Crippen molar-refractivity contribution < 1.29 is 0 Å². The van der Waals surface area contributed by atoms with Gasteiger partial charge in [-0.2, -0.15) is 5.10 Å². The summed E-state index contributed by atoms with van der Waals surface area (Å²) in [7, 11) is 0. The Morgan fingerprint density at radius 3 is 3.21 bits per heavy atom. The van der Waals surface area contributed by atoms with Crippen LogP contribution in [0.3, 0.4) is 0 Å². The first-order valence-corrected chi connectivity index (χ1v) is 5.07. The molecule has 0 aliphatic carbocycles. The zero-order valence-electron chi connectivity index (χ0n) is 7.98. The van der Waals surface area contributed by atoms with Gasteiger partial charge >= 0.3 is 0 Å². The van der Waals surface area contributed by atoms with Gasteiger partial charge in [0.2, 0.25) is 0 Å². The van der Waals surface area contributed by atoms with Crippen LogP contribution in [-0.2, 0) is 0 Å². The molecule has 0 amide bonds. The first kappa shape index (κ1) is 8.00. The van der Waals surface area contributed by atoms with E-state index in [2.05, 4.69) is 28.7 Å². The number of aromatic nitrogens is 2. The number of fused-ring (bicyclic) bond motifs is 1. The number of nitrogens with one attached hydrogen (secondary N) is 1. The van der Waals surface area contributed by atoms with Gasteiger partial charge in [-0.05, 0) is 36.6 Å². The monoisotopic (exact) mass is 187 g/mol. The fourth-order valence-electron chi connectivity index (χ4n) is 2.11. The summed E-state index contributed by atoms with van der Waals surface area (Å²) in [5.41, 5.74) is 2.56. The molecule has 0 bridgehead atoms. The van der Waals surface area contributed by atoms with E-state index in [9.17, 15) is 0 Å². The highest BCUT2D eigenvalue weighted by Crippen LogP contribution is 2.22. The molecular weight excluding hydrogens is 174 g/mol. The van der Waals surface area contributed by atoms with E-state index in [1.165, 1.54) is 17.5 Å². The van der Waals surface area contributed by atoms with Crippen LogP contribution in [0.4, 0.5) is 0 Å². The van der Waals surface area contributed by atoms with Crippen LogP contribution in [0.15, 0.2) is 30.6 Å². The Bertz CT molecular complexity index is 440. The molecule has 0 radical (unpaired) electrons. The minimum Gasteiger partial charge on any atom is -0.316 e. The largest absolute Gasteiger partial charge is 0.316 e.